The topological polar surface area (TPSA) is 72.5 Å². The van der Waals surface area contributed by atoms with Gasteiger partial charge in [0.2, 0.25) is 0 Å². The summed E-state index contributed by atoms with van der Waals surface area (Å²) in [4.78, 5) is 25.1. The summed E-state index contributed by atoms with van der Waals surface area (Å²) in [5, 5.41) is 10.2. The van der Waals surface area contributed by atoms with Crippen LogP contribution in [0.3, 0.4) is 0 Å². The molecule has 5 rings (SSSR count). The van der Waals surface area contributed by atoms with Crippen molar-refractivity contribution in [3.05, 3.63) is 47.0 Å². The van der Waals surface area contributed by atoms with Crippen molar-refractivity contribution in [2.24, 2.45) is 5.92 Å². The number of nitrogens with zero attached hydrogens (tertiary/aromatic N) is 3. The molecule has 0 radical (unpaired) electrons. The van der Waals surface area contributed by atoms with Crippen molar-refractivity contribution < 1.29 is 9.90 Å². The largest absolute Gasteiger partial charge is 0.507 e. The molecule has 2 N–H and O–H groups in total. The van der Waals surface area contributed by atoms with Gasteiger partial charge >= 0.3 is 0 Å². The van der Waals surface area contributed by atoms with E-state index >= 15 is 0 Å². The van der Waals surface area contributed by atoms with Crippen molar-refractivity contribution >= 4 is 5.91 Å². The van der Waals surface area contributed by atoms with E-state index in [0.717, 1.165) is 56.0 Å². The Morgan fingerprint density at radius 2 is 2.12 bits per heavy atom. The summed E-state index contributed by atoms with van der Waals surface area (Å²) in [6.07, 6.45) is 3.93. The van der Waals surface area contributed by atoms with Crippen LogP contribution in [0.2, 0.25) is 0 Å². The van der Waals surface area contributed by atoms with Gasteiger partial charge in [0, 0.05) is 37.9 Å². The van der Waals surface area contributed by atoms with E-state index in [0.29, 0.717) is 11.5 Å². The summed E-state index contributed by atoms with van der Waals surface area (Å²) in [6, 6.07) is 5.49. The first-order chi connectivity index (χ1) is 12.5. The smallest absolute Gasteiger partial charge is 0.257 e. The van der Waals surface area contributed by atoms with E-state index < -0.39 is 0 Å². The molecule has 0 aliphatic carbocycles. The molecule has 4 heterocycles. The third-order valence-corrected chi connectivity index (χ3v) is 5.74. The molecular formula is C20H26N4O2. The molecular weight excluding hydrogens is 328 g/mol. The lowest BCUT2D eigenvalue weighted by molar-refractivity contribution is 0.0582. The van der Waals surface area contributed by atoms with Gasteiger partial charge in [0.15, 0.2) is 0 Å². The number of carbonyl (C=O) groups excluding carboxylic acids is 1. The highest BCUT2D eigenvalue weighted by molar-refractivity contribution is 5.97. The highest BCUT2D eigenvalue weighted by Gasteiger charge is 2.38. The van der Waals surface area contributed by atoms with Gasteiger partial charge < -0.3 is 15.0 Å². The number of carbonyl (C=O) groups is 1. The number of benzene rings is 1. The summed E-state index contributed by atoms with van der Waals surface area (Å²) in [5.74, 6) is 0.513. The molecule has 2 atom stereocenters. The molecule has 2 aromatic rings. The first-order valence-corrected chi connectivity index (χ1v) is 9.33. The number of aromatic amines is 1. The maximum absolute atomic E-state index is 13.1. The van der Waals surface area contributed by atoms with E-state index in [1.54, 1.807) is 18.5 Å². The van der Waals surface area contributed by atoms with Gasteiger partial charge in [-0.25, -0.2) is 4.98 Å². The van der Waals surface area contributed by atoms with Gasteiger partial charge in [-0.05, 0) is 50.3 Å². The van der Waals surface area contributed by atoms with E-state index in [9.17, 15) is 9.90 Å². The van der Waals surface area contributed by atoms with Crippen molar-refractivity contribution in [1.29, 1.82) is 0 Å². The van der Waals surface area contributed by atoms with Crippen LogP contribution in [0.1, 0.15) is 40.2 Å². The molecule has 3 aliphatic rings. The van der Waals surface area contributed by atoms with Gasteiger partial charge in [0.25, 0.3) is 5.91 Å². The lowest BCUT2D eigenvalue weighted by Gasteiger charge is -2.36. The predicted octanol–water partition coefficient (Wildman–Crippen LogP) is 2.47. The molecule has 138 valence electrons. The molecule has 0 unspecified atom stereocenters. The SMILES string of the molecule is Cc1ccc(C(=O)N2C[C@H]3CC[C@@H]2CN(Cc2nc[nH]c2C)C3)c(O)c1. The molecule has 3 aliphatic heterocycles. The quantitative estimate of drug-likeness (QED) is 0.888. The maximum atomic E-state index is 13.1. The molecule has 0 saturated carbocycles. The first kappa shape index (κ1) is 17.1. The molecule has 26 heavy (non-hydrogen) atoms. The summed E-state index contributed by atoms with van der Waals surface area (Å²) in [6.45, 7) is 7.40. The number of H-pyrrole nitrogens is 1. The van der Waals surface area contributed by atoms with Gasteiger partial charge in [-0.15, -0.1) is 0 Å². The Morgan fingerprint density at radius 1 is 1.27 bits per heavy atom. The van der Waals surface area contributed by atoms with Gasteiger partial charge in [0.1, 0.15) is 5.75 Å². The van der Waals surface area contributed by atoms with E-state index in [-0.39, 0.29) is 17.7 Å². The van der Waals surface area contributed by atoms with Crippen LogP contribution in [0, 0.1) is 19.8 Å². The van der Waals surface area contributed by atoms with Crippen LogP contribution in [-0.2, 0) is 6.54 Å². The van der Waals surface area contributed by atoms with Crippen LogP contribution < -0.4 is 0 Å². The minimum Gasteiger partial charge on any atom is -0.507 e. The molecule has 3 fully saturated rings. The standard InChI is InChI=1S/C20H26N4O2/c1-13-3-6-17(19(25)7-13)20(26)24-9-15-4-5-16(24)10-23(8-15)11-18-14(2)21-12-22-18/h3,6-7,12,15-16,25H,4-5,8-11H2,1-2H3,(H,21,22)/t15-,16+/m0/s1. The highest BCUT2D eigenvalue weighted by Crippen LogP contribution is 2.31. The fraction of sp³-hybridized carbons (Fsp3) is 0.500. The minimum absolute atomic E-state index is 0.0463. The van der Waals surface area contributed by atoms with Crippen molar-refractivity contribution in [3.8, 4) is 5.75 Å². The zero-order valence-electron chi connectivity index (χ0n) is 15.4. The maximum Gasteiger partial charge on any atom is 0.257 e. The predicted molar refractivity (Wildman–Crippen MR) is 99.0 cm³/mol. The fourth-order valence-corrected chi connectivity index (χ4v) is 4.29. The zero-order valence-corrected chi connectivity index (χ0v) is 15.4. The van der Waals surface area contributed by atoms with Crippen LogP contribution in [0.4, 0.5) is 0 Å². The second kappa shape index (κ2) is 6.76. The Morgan fingerprint density at radius 3 is 2.85 bits per heavy atom. The summed E-state index contributed by atoms with van der Waals surface area (Å²) < 4.78 is 0. The highest BCUT2D eigenvalue weighted by atomic mass is 16.3. The number of fused-ring (bicyclic) bond motifs is 4. The number of piperidine rings is 1. The molecule has 3 saturated heterocycles. The van der Waals surface area contributed by atoms with Crippen molar-refractivity contribution in [3.63, 3.8) is 0 Å². The van der Waals surface area contributed by atoms with Gasteiger partial charge in [-0.1, -0.05) is 6.07 Å². The molecule has 1 amide bonds. The number of rotatable bonds is 3. The summed E-state index contributed by atoms with van der Waals surface area (Å²) >= 11 is 0. The number of amides is 1. The van der Waals surface area contributed by atoms with Gasteiger partial charge in [-0.2, -0.15) is 0 Å². The average molecular weight is 354 g/mol. The monoisotopic (exact) mass is 354 g/mol. The third-order valence-electron chi connectivity index (χ3n) is 5.74. The minimum atomic E-state index is -0.0463. The Kier molecular flexibility index (Phi) is 4.44. The van der Waals surface area contributed by atoms with Crippen LogP contribution in [0.25, 0.3) is 0 Å². The van der Waals surface area contributed by atoms with E-state index in [1.807, 2.05) is 24.8 Å². The Hall–Kier alpha value is -2.34. The lowest BCUT2D eigenvalue weighted by atomic mass is 9.94. The summed E-state index contributed by atoms with van der Waals surface area (Å²) in [7, 11) is 0. The number of imidazole rings is 1. The van der Waals surface area contributed by atoms with E-state index in [4.69, 9.17) is 0 Å². The van der Waals surface area contributed by atoms with Crippen LogP contribution in [0.15, 0.2) is 24.5 Å². The molecule has 6 nitrogen and oxygen atoms in total. The number of hydrogen-bond acceptors (Lipinski definition) is 4. The zero-order chi connectivity index (χ0) is 18.3. The number of nitrogens with one attached hydrogen (secondary N) is 1. The number of aryl methyl sites for hydroxylation is 2. The molecule has 1 aromatic carbocycles. The molecule has 2 bridgehead atoms. The van der Waals surface area contributed by atoms with Crippen molar-refractivity contribution in [2.45, 2.75) is 39.3 Å². The molecule has 1 aromatic heterocycles. The molecule has 0 spiro atoms. The summed E-state index contributed by atoms with van der Waals surface area (Å²) in [5.41, 5.74) is 3.56. The Bertz CT molecular complexity index is 816. The molecule has 6 heteroatoms. The number of aromatic hydroxyl groups is 1. The van der Waals surface area contributed by atoms with E-state index in [1.165, 1.54) is 0 Å². The Labute approximate surface area is 153 Å². The Balaban J connectivity index is 1.53. The van der Waals surface area contributed by atoms with E-state index in [2.05, 4.69) is 14.9 Å². The van der Waals surface area contributed by atoms with Gasteiger partial charge in [-0.3, -0.25) is 9.69 Å². The number of phenolic OH excluding ortho intramolecular Hbond substituents is 1. The number of phenols is 1. The normalized spacial score (nSPS) is 23.2. The number of hydrogen-bond donors (Lipinski definition) is 2. The fourth-order valence-electron chi connectivity index (χ4n) is 4.29. The third kappa shape index (κ3) is 3.21. The van der Waals surface area contributed by atoms with Crippen molar-refractivity contribution in [2.75, 3.05) is 19.6 Å². The second-order valence-electron chi connectivity index (χ2n) is 7.74. The van der Waals surface area contributed by atoms with Crippen molar-refractivity contribution in [1.82, 2.24) is 19.8 Å². The van der Waals surface area contributed by atoms with Crippen LogP contribution in [-0.4, -0.2) is 56.5 Å². The van der Waals surface area contributed by atoms with Gasteiger partial charge in [0.05, 0.1) is 17.6 Å². The van der Waals surface area contributed by atoms with Crippen LogP contribution in [0.5, 0.6) is 5.75 Å². The average Bonchev–Trinajstić information content (AvgIpc) is 2.81. The van der Waals surface area contributed by atoms with Crippen LogP contribution >= 0.6 is 0 Å². The second-order valence-corrected chi connectivity index (χ2v) is 7.74. The number of aromatic nitrogens is 2. The first-order valence-electron chi connectivity index (χ1n) is 9.33. The lowest BCUT2D eigenvalue weighted by Crippen LogP contribution is -2.47.